The largest absolute Gasteiger partial charge is 0.353 e. The highest BCUT2D eigenvalue weighted by atomic mass is 15.0. The van der Waals surface area contributed by atoms with Crippen molar-refractivity contribution in [3.8, 4) is 0 Å². The highest BCUT2D eigenvalue weighted by Gasteiger charge is 2.33. The molecule has 0 unspecified atom stereocenters. The number of hydrogen-bond donors (Lipinski definition) is 1. The van der Waals surface area contributed by atoms with E-state index in [4.69, 9.17) is 9.97 Å². The highest BCUT2D eigenvalue weighted by Crippen LogP contribution is 2.45. The van der Waals surface area contributed by atoms with Crippen molar-refractivity contribution in [2.24, 2.45) is 0 Å². The van der Waals surface area contributed by atoms with Crippen molar-refractivity contribution in [2.75, 3.05) is 0 Å². The molecule has 0 radical (unpaired) electrons. The van der Waals surface area contributed by atoms with Gasteiger partial charge in [-0.05, 0) is 35.2 Å². The Balaban J connectivity index is 1.59. The van der Waals surface area contributed by atoms with Crippen LogP contribution in [-0.2, 0) is 5.41 Å². The molecular weight excluding hydrogens is 500 g/mol. The predicted octanol–water partition coefficient (Wildman–Crippen LogP) is 9.33. The SMILES string of the molecule is CC1(C)c2ccc3nc2n2c4cc(ccc4c4cccc1c42)c1cccc2c4cccc(c5cccc3n5)c4[nH]c12. The number of benzene rings is 4. The third-order valence-corrected chi connectivity index (χ3v) is 9.49. The Morgan fingerprint density at radius 2 is 1.24 bits per heavy atom. The van der Waals surface area contributed by atoms with E-state index in [1.54, 1.807) is 0 Å². The van der Waals surface area contributed by atoms with E-state index in [9.17, 15) is 0 Å². The molecule has 10 rings (SSSR count). The van der Waals surface area contributed by atoms with Crippen LogP contribution in [0.1, 0.15) is 25.0 Å². The van der Waals surface area contributed by atoms with Gasteiger partial charge in [0.1, 0.15) is 5.65 Å². The number of rotatable bonds is 0. The first-order valence-electron chi connectivity index (χ1n) is 14.2. The van der Waals surface area contributed by atoms with E-state index < -0.39 is 0 Å². The van der Waals surface area contributed by atoms with Gasteiger partial charge in [0.05, 0.1) is 38.6 Å². The van der Waals surface area contributed by atoms with Crippen molar-refractivity contribution in [3.63, 3.8) is 0 Å². The summed E-state index contributed by atoms with van der Waals surface area (Å²) in [5.41, 5.74) is 10.7. The monoisotopic (exact) mass is 524 g/mol. The minimum absolute atomic E-state index is 0.187. The molecule has 4 nitrogen and oxygen atoms in total. The van der Waals surface area contributed by atoms with Gasteiger partial charge in [-0.1, -0.05) is 92.7 Å². The van der Waals surface area contributed by atoms with Crippen LogP contribution in [0.25, 0.3) is 82.0 Å². The number of fused-ring (bicyclic) bond motifs is 9. The summed E-state index contributed by atoms with van der Waals surface area (Å²) in [7, 11) is 0. The van der Waals surface area contributed by atoms with Gasteiger partial charge >= 0.3 is 0 Å². The fraction of sp³-hybridized carbons (Fsp3) is 0.0811. The van der Waals surface area contributed by atoms with E-state index in [0.717, 1.165) is 38.6 Å². The topological polar surface area (TPSA) is 46.0 Å². The van der Waals surface area contributed by atoms with Gasteiger partial charge in [-0.3, -0.25) is 4.40 Å². The molecule has 1 N–H and O–H groups in total. The van der Waals surface area contributed by atoms with Gasteiger partial charge in [0.15, 0.2) is 0 Å². The first-order valence-corrected chi connectivity index (χ1v) is 14.2. The van der Waals surface area contributed by atoms with Crippen molar-refractivity contribution >= 4 is 82.0 Å². The number of nitrogens with one attached hydrogen (secondary N) is 1. The smallest absolute Gasteiger partial charge is 0.142 e. The number of hydrogen-bond acceptors (Lipinski definition) is 2. The van der Waals surface area contributed by atoms with Crippen molar-refractivity contribution in [1.29, 1.82) is 0 Å². The number of nitrogens with zero attached hydrogens (tertiary/aromatic N) is 3. The van der Waals surface area contributed by atoms with Crippen molar-refractivity contribution < 1.29 is 0 Å². The van der Waals surface area contributed by atoms with E-state index in [1.807, 2.05) is 0 Å². The van der Waals surface area contributed by atoms with Crippen LogP contribution in [0.5, 0.6) is 0 Å². The first-order chi connectivity index (χ1) is 20.1. The summed E-state index contributed by atoms with van der Waals surface area (Å²) in [4.78, 5) is 14.4. The second kappa shape index (κ2) is 7.10. The van der Waals surface area contributed by atoms with Gasteiger partial charge in [-0.2, -0.15) is 0 Å². The normalized spacial score (nSPS) is 14.3. The summed E-state index contributed by atoms with van der Waals surface area (Å²) in [5.74, 6) is 0. The molecule has 9 aromatic rings. The molecule has 41 heavy (non-hydrogen) atoms. The van der Waals surface area contributed by atoms with Crippen LogP contribution in [-0.4, -0.2) is 19.4 Å². The fourth-order valence-corrected chi connectivity index (χ4v) is 7.48. The zero-order valence-electron chi connectivity index (χ0n) is 22.7. The van der Waals surface area contributed by atoms with Crippen LogP contribution >= 0.6 is 0 Å². The molecule has 8 bridgehead atoms. The van der Waals surface area contributed by atoms with Crippen LogP contribution in [0.4, 0.5) is 0 Å². The molecule has 1 aliphatic rings. The first kappa shape index (κ1) is 21.6. The maximum Gasteiger partial charge on any atom is 0.142 e. The summed E-state index contributed by atoms with van der Waals surface area (Å²) >= 11 is 0. The fourth-order valence-electron chi connectivity index (χ4n) is 7.48. The van der Waals surface area contributed by atoms with Gasteiger partial charge in [0, 0.05) is 43.3 Å². The molecule has 0 fully saturated rings. The minimum atomic E-state index is -0.187. The van der Waals surface area contributed by atoms with E-state index >= 15 is 0 Å². The number of para-hydroxylation sites is 3. The standard InChI is InChI=1S/C37H24N4/c1-37(2)27-12-5-10-25-22-16-15-20-19-32(22)41(35(25)27)36-28(37)17-18-31(39-36)30-14-6-13-29(38-30)26-11-4-9-24-23-8-3-7-21(20)33(23)40-34(24)26/h3-19,40H,1-2H3. The molecule has 0 atom stereocenters. The molecule has 1 aliphatic heterocycles. The summed E-state index contributed by atoms with van der Waals surface area (Å²) in [6.45, 7) is 4.64. The molecule has 0 saturated carbocycles. The quantitative estimate of drug-likeness (QED) is 0.215. The third-order valence-electron chi connectivity index (χ3n) is 9.49. The zero-order valence-corrected chi connectivity index (χ0v) is 22.7. The summed E-state index contributed by atoms with van der Waals surface area (Å²) in [5, 5.41) is 8.43. The Morgan fingerprint density at radius 3 is 2.12 bits per heavy atom. The van der Waals surface area contributed by atoms with Crippen LogP contribution in [0.15, 0.2) is 103 Å². The summed E-state index contributed by atoms with van der Waals surface area (Å²) in [6.07, 6.45) is 0. The maximum atomic E-state index is 5.39. The Bertz CT molecular complexity index is 2670. The molecule has 0 saturated heterocycles. The Morgan fingerprint density at radius 1 is 0.561 bits per heavy atom. The lowest BCUT2D eigenvalue weighted by atomic mass is 9.76. The lowest BCUT2D eigenvalue weighted by Gasteiger charge is -2.31. The molecule has 5 aromatic heterocycles. The lowest BCUT2D eigenvalue weighted by Crippen LogP contribution is -2.24. The number of pyridine rings is 2. The highest BCUT2D eigenvalue weighted by molar-refractivity contribution is 6.21. The Kier molecular flexibility index (Phi) is 3.74. The Hall–Kier alpha value is -5.22. The van der Waals surface area contributed by atoms with Crippen LogP contribution in [0.2, 0.25) is 0 Å². The van der Waals surface area contributed by atoms with Gasteiger partial charge in [0.25, 0.3) is 0 Å². The molecule has 192 valence electrons. The molecule has 4 heteroatoms. The number of aromatic amines is 1. The molecule has 0 spiro atoms. The molecule has 6 heterocycles. The predicted molar refractivity (Wildman–Crippen MR) is 171 cm³/mol. The van der Waals surface area contributed by atoms with E-state index in [2.05, 4.69) is 126 Å². The number of H-pyrrole nitrogens is 1. The third kappa shape index (κ3) is 2.56. The second-order valence-corrected chi connectivity index (χ2v) is 12.0. The van der Waals surface area contributed by atoms with Gasteiger partial charge in [-0.15, -0.1) is 0 Å². The van der Waals surface area contributed by atoms with Gasteiger partial charge < -0.3 is 4.98 Å². The summed E-state index contributed by atoms with van der Waals surface area (Å²) in [6, 6.07) is 37.5. The van der Waals surface area contributed by atoms with Crippen LogP contribution < -0.4 is 0 Å². The van der Waals surface area contributed by atoms with E-state index in [-0.39, 0.29) is 5.41 Å². The van der Waals surface area contributed by atoms with Crippen LogP contribution in [0, 0.1) is 0 Å². The average molecular weight is 525 g/mol. The van der Waals surface area contributed by atoms with Gasteiger partial charge in [0.2, 0.25) is 0 Å². The van der Waals surface area contributed by atoms with Crippen molar-refractivity contribution in [1.82, 2.24) is 19.4 Å². The second-order valence-electron chi connectivity index (χ2n) is 12.0. The van der Waals surface area contributed by atoms with Crippen molar-refractivity contribution in [2.45, 2.75) is 19.3 Å². The average Bonchev–Trinajstić information content (AvgIpc) is 3.55. The molecule has 4 aromatic carbocycles. The Labute approximate surface area is 234 Å². The number of aromatic nitrogens is 4. The zero-order chi connectivity index (χ0) is 27.0. The van der Waals surface area contributed by atoms with E-state index in [0.29, 0.717) is 0 Å². The van der Waals surface area contributed by atoms with Gasteiger partial charge in [-0.25, -0.2) is 9.97 Å². The van der Waals surface area contributed by atoms with Crippen LogP contribution in [0.3, 0.4) is 0 Å². The maximum absolute atomic E-state index is 5.39. The van der Waals surface area contributed by atoms with Crippen molar-refractivity contribution in [3.05, 3.63) is 114 Å². The molecule has 0 aliphatic carbocycles. The molecular formula is C37H24N4. The lowest BCUT2D eigenvalue weighted by molar-refractivity contribution is 0.640. The summed E-state index contributed by atoms with van der Waals surface area (Å²) < 4.78 is 2.40. The van der Waals surface area contributed by atoms with E-state index in [1.165, 1.54) is 54.5 Å². The molecule has 0 amide bonds. The minimum Gasteiger partial charge on any atom is -0.353 e.